The van der Waals surface area contributed by atoms with Gasteiger partial charge in [-0.25, -0.2) is 9.97 Å². The van der Waals surface area contributed by atoms with Crippen LogP contribution in [-0.2, 0) is 0 Å². The van der Waals surface area contributed by atoms with Crippen LogP contribution in [0.3, 0.4) is 0 Å². The molecule has 0 saturated carbocycles. The van der Waals surface area contributed by atoms with Gasteiger partial charge in [0.1, 0.15) is 17.3 Å². The predicted molar refractivity (Wildman–Crippen MR) is 57.6 cm³/mol. The lowest BCUT2D eigenvalue weighted by Gasteiger charge is -2.30. The van der Waals surface area contributed by atoms with Gasteiger partial charge in [-0.15, -0.1) is 0 Å². The summed E-state index contributed by atoms with van der Waals surface area (Å²) in [5.41, 5.74) is 0. The van der Waals surface area contributed by atoms with Gasteiger partial charge in [-0.05, 0) is 12.8 Å². The molecule has 4 nitrogen and oxygen atoms in total. The second kappa shape index (κ2) is 4.45. The van der Waals surface area contributed by atoms with Gasteiger partial charge in [-0.3, -0.25) is 0 Å². The highest BCUT2D eigenvalue weighted by molar-refractivity contribution is 6.29. The van der Waals surface area contributed by atoms with Gasteiger partial charge in [0, 0.05) is 19.2 Å². The summed E-state index contributed by atoms with van der Waals surface area (Å²) in [6.07, 6.45) is 3.46. The summed E-state index contributed by atoms with van der Waals surface area (Å²) >= 11 is 5.79. The number of halogens is 1. The molecular formula is C10H11ClN4. The first-order chi connectivity index (χ1) is 7.29. The minimum Gasteiger partial charge on any atom is -0.355 e. The van der Waals surface area contributed by atoms with Gasteiger partial charge in [0.25, 0.3) is 0 Å². The van der Waals surface area contributed by atoms with E-state index in [9.17, 15) is 0 Å². The van der Waals surface area contributed by atoms with Gasteiger partial charge in [-0.2, -0.15) is 5.26 Å². The maximum atomic E-state index is 8.87. The van der Waals surface area contributed by atoms with Crippen LogP contribution >= 0.6 is 11.6 Å². The summed E-state index contributed by atoms with van der Waals surface area (Å²) in [6, 6.07) is 4.04. The third-order valence-electron chi connectivity index (χ3n) is 2.55. The van der Waals surface area contributed by atoms with Gasteiger partial charge in [0.15, 0.2) is 0 Å². The fourth-order valence-electron chi connectivity index (χ4n) is 1.79. The van der Waals surface area contributed by atoms with E-state index < -0.39 is 0 Å². The van der Waals surface area contributed by atoms with Crippen LogP contribution in [0.4, 0.5) is 5.82 Å². The van der Waals surface area contributed by atoms with Crippen molar-refractivity contribution in [1.29, 1.82) is 5.26 Å². The van der Waals surface area contributed by atoms with Gasteiger partial charge in [-0.1, -0.05) is 11.6 Å². The molecule has 2 heterocycles. The van der Waals surface area contributed by atoms with E-state index in [1.54, 1.807) is 6.07 Å². The molecule has 1 aliphatic rings. The monoisotopic (exact) mass is 222 g/mol. The molecule has 0 bridgehead atoms. The van der Waals surface area contributed by atoms with E-state index >= 15 is 0 Å². The van der Waals surface area contributed by atoms with Crippen LogP contribution in [0.5, 0.6) is 0 Å². The smallest absolute Gasteiger partial charge is 0.134 e. The van der Waals surface area contributed by atoms with Crippen molar-refractivity contribution in [2.24, 2.45) is 5.92 Å². The van der Waals surface area contributed by atoms with E-state index in [1.807, 2.05) is 0 Å². The molecule has 0 N–H and O–H groups in total. The molecule has 0 aliphatic carbocycles. The van der Waals surface area contributed by atoms with Gasteiger partial charge >= 0.3 is 0 Å². The Labute approximate surface area is 93.5 Å². The zero-order valence-electron chi connectivity index (χ0n) is 8.23. The lowest BCUT2D eigenvalue weighted by Crippen LogP contribution is -2.35. The van der Waals surface area contributed by atoms with Crippen molar-refractivity contribution in [3.8, 4) is 6.07 Å². The van der Waals surface area contributed by atoms with Crippen molar-refractivity contribution >= 4 is 17.4 Å². The average molecular weight is 223 g/mol. The van der Waals surface area contributed by atoms with Crippen LogP contribution in [-0.4, -0.2) is 23.1 Å². The van der Waals surface area contributed by atoms with E-state index in [-0.39, 0.29) is 5.92 Å². The Balaban J connectivity index is 2.14. The summed E-state index contributed by atoms with van der Waals surface area (Å²) in [4.78, 5) is 10.1. The van der Waals surface area contributed by atoms with Crippen molar-refractivity contribution in [1.82, 2.24) is 9.97 Å². The third kappa shape index (κ3) is 2.37. The maximum Gasteiger partial charge on any atom is 0.134 e. The topological polar surface area (TPSA) is 52.8 Å². The van der Waals surface area contributed by atoms with Crippen LogP contribution in [0.15, 0.2) is 12.4 Å². The quantitative estimate of drug-likeness (QED) is 0.681. The van der Waals surface area contributed by atoms with E-state index in [1.165, 1.54) is 6.33 Å². The third-order valence-corrected chi connectivity index (χ3v) is 2.75. The fraction of sp³-hybridized carbons (Fsp3) is 0.500. The first kappa shape index (κ1) is 10.2. The highest BCUT2D eigenvalue weighted by Crippen LogP contribution is 2.21. The van der Waals surface area contributed by atoms with Crippen molar-refractivity contribution < 1.29 is 0 Å². The molecule has 0 spiro atoms. The van der Waals surface area contributed by atoms with Crippen LogP contribution in [0.2, 0.25) is 5.15 Å². The first-order valence-corrected chi connectivity index (χ1v) is 5.29. The largest absolute Gasteiger partial charge is 0.355 e. The summed E-state index contributed by atoms with van der Waals surface area (Å²) in [7, 11) is 0. The molecule has 5 heteroatoms. The molecular weight excluding hydrogens is 212 g/mol. The Kier molecular flexibility index (Phi) is 3.02. The summed E-state index contributed by atoms with van der Waals surface area (Å²) in [6.45, 7) is 1.68. The Bertz CT molecular complexity index is 387. The Morgan fingerprint density at radius 1 is 1.53 bits per heavy atom. The van der Waals surface area contributed by atoms with Crippen LogP contribution in [0.25, 0.3) is 0 Å². The van der Waals surface area contributed by atoms with Crippen molar-refractivity contribution in [3.05, 3.63) is 17.5 Å². The molecule has 1 aromatic heterocycles. The minimum absolute atomic E-state index is 0.104. The van der Waals surface area contributed by atoms with Crippen molar-refractivity contribution in [2.45, 2.75) is 12.8 Å². The molecule has 0 radical (unpaired) electrons. The number of nitriles is 1. The Hall–Kier alpha value is -1.34. The number of hydrogen-bond donors (Lipinski definition) is 0. The molecule has 0 aromatic carbocycles. The molecule has 0 unspecified atom stereocenters. The number of aromatic nitrogens is 2. The average Bonchev–Trinajstić information content (AvgIpc) is 2.29. The second-order valence-corrected chi connectivity index (χ2v) is 4.00. The summed E-state index contributed by atoms with van der Waals surface area (Å²) in [5, 5.41) is 9.32. The first-order valence-electron chi connectivity index (χ1n) is 4.91. The standard InChI is InChI=1S/C10H11ClN4/c11-9-4-10(14-7-13-9)15-3-1-2-8(5-12)6-15/h4,7-8H,1-3,6H2/t8-/m0/s1. The normalized spacial score (nSPS) is 21.1. The molecule has 78 valence electrons. The van der Waals surface area contributed by atoms with Crippen molar-refractivity contribution in [2.75, 3.05) is 18.0 Å². The van der Waals surface area contributed by atoms with Crippen LogP contribution in [0.1, 0.15) is 12.8 Å². The predicted octanol–water partition coefficient (Wildman–Crippen LogP) is 1.87. The number of hydrogen-bond acceptors (Lipinski definition) is 4. The Morgan fingerprint density at radius 2 is 2.40 bits per heavy atom. The lowest BCUT2D eigenvalue weighted by molar-refractivity contribution is 0.490. The molecule has 2 rings (SSSR count). The number of nitrogens with zero attached hydrogens (tertiary/aromatic N) is 4. The number of anilines is 1. The molecule has 0 amide bonds. The molecule has 15 heavy (non-hydrogen) atoms. The highest BCUT2D eigenvalue weighted by Gasteiger charge is 2.20. The zero-order valence-corrected chi connectivity index (χ0v) is 8.98. The SMILES string of the molecule is N#C[C@@H]1CCCN(c2cc(Cl)ncn2)C1. The summed E-state index contributed by atoms with van der Waals surface area (Å²) < 4.78 is 0. The zero-order chi connectivity index (χ0) is 10.7. The van der Waals surface area contributed by atoms with Gasteiger partial charge < -0.3 is 4.90 Å². The maximum absolute atomic E-state index is 8.87. The summed E-state index contributed by atoms with van der Waals surface area (Å²) in [5.74, 6) is 0.919. The van der Waals surface area contributed by atoms with Gasteiger partial charge in [0.05, 0.1) is 12.0 Å². The number of piperidine rings is 1. The number of rotatable bonds is 1. The molecule has 1 fully saturated rings. The minimum atomic E-state index is 0.104. The van der Waals surface area contributed by atoms with Crippen LogP contribution < -0.4 is 4.90 Å². The molecule has 1 atom stereocenters. The van der Waals surface area contributed by atoms with Gasteiger partial charge in [0.2, 0.25) is 0 Å². The van der Waals surface area contributed by atoms with E-state index in [0.29, 0.717) is 5.15 Å². The van der Waals surface area contributed by atoms with E-state index in [4.69, 9.17) is 16.9 Å². The fourth-order valence-corrected chi connectivity index (χ4v) is 1.93. The molecule has 1 aromatic rings. The van der Waals surface area contributed by atoms with Crippen LogP contribution in [0, 0.1) is 17.2 Å². The van der Waals surface area contributed by atoms with Crippen molar-refractivity contribution in [3.63, 3.8) is 0 Å². The Morgan fingerprint density at radius 3 is 3.13 bits per heavy atom. The highest BCUT2D eigenvalue weighted by atomic mass is 35.5. The lowest BCUT2D eigenvalue weighted by atomic mass is 10.00. The van der Waals surface area contributed by atoms with E-state index in [0.717, 1.165) is 31.7 Å². The molecule has 1 aliphatic heterocycles. The molecule has 1 saturated heterocycles. The second-order valence-electron chi connectivity index (χ2n) is 3.61. The van der Waals surface area contributed by atoms with E-state index in [2.05, 4.69) is 20.9 Å².